The Hall–Kier alpha value is -0.530. The second-order valence-electron chi connectivity index (χ2n) is 5.28. The Morgan fingerprint density at radius 3 is 2.00 bits per heavy atom. The van der Waals surface area contributed by atoms with Crippen molar-refractivity contribution in [2.75, 3.05) is 0 Å². The molecule has 0 aliphatic carbocycles. The van der Waals surface area contributed by atoms with Crippen LogP contribution in [0.25, 0.3) is 0 Å². The highest BCUT2D eigenvalue weighted by molar-refractivity contribution is 5.78. The fourth-order valence-electron chi connectivity index (χ4n) is 2.53. The summed E-state index contributed by atoms with van der Waals surface area (Å²) in [6.07, 6.45) is 12.5. The van der Waals surface area contributed by atoms with Gasteiger partial charge in [-0.1, -0.05) is 58.8 Å². The first kappa shape index (κ1) is 14.5. The summed E-state index contributed by atoms with van der Waals surface area (Å²) in [6.45, 7) is 4.44. The van der Waals surface area contributed by atoms with E-state index in [1.54, 1.807) is 0 Å². The minimum absolute atomic E-state index is 0.0574. The Morgan fingerprint density at radius 2 is 1.47 bits per heavy atom. The van der Waals surface area contributed by atoms with Gasteiger partial charge >= 0.3 is 5.97 Å². The van der Waals surface area contributed by atoms with Crippen molar-refractivity contribution in [1.29, 1.82) is 0 Å². The standard InChI is InChI=1S/C15H28O2/c1-3-5-7-9-11-13-14(17-15(13)16)12-10-8-6-4-2/h13-14H,3-12H2,1-2H3/t13-,14-/m0/s1. The minimum atomic E-state index is 0.0574. The molecular formula is C15H28O2. The third kappa shape index (κ3) is 5.10. The lowest BCUT2D eigenvalue weighted by Gasteiger charge is -2.35. The van der Waals surface area contributed by atoms with Gasteiger partial charge in [0.25, 0.3) is 0 Å². The highest BCUT2D eigenvalue weighted by atomic mass is 16.6. The summed E-state index contributed by atoms with van der Waals surface area (Å²) in [6, 6.07) is 0. The van der Waals surface area contributed by atoms with Crippen LogP contribution in [0.1, 0.15) is 78.1 Å². The summed E-state index contributed by atoms with van der Waals surface area (Å²) in [5.41, 5.74) is 0. The maximum atomic E-state index is 11.4. The minimum Gasteiger partial charge on any atom is -0.461 e. The van der Waals surface area contributed by atoms with Crippen molar-refractivity contribution >= 4 is 5.97 Å². The van der Waals surface area contributed by atoms with Gasteiger partial charge in [-0.05, 0) is 19.3 Å². The van der Waals surface area contributed by atoms with Crippen molar-refractivity contribution in [3.8, 4) is 0 Å². The Kier molecular flexibility index (Phi) is 7.30. The number of hydrogen-bond donors (Lipinski definition) is 0. The molecule has 0 aromatic rings. The molecule has 2 nitrogen and oxygen atoms in total. The van der Waals surface area contributed by atoms with Crippen LogP contribution >= 0.6 is 0 Å². The maximum Gasteiger partial charge on any atom is 0.313 e. The van der Waals surface area contributed by atoms with Gasteiger partial charge in [0.15, 0.2) is 0 Å². The third-order valence-corrected chi connectivity index (χ3v) is 3.73. The summed E-state index contributed by atoms with van der Waals surface area (Å²) in [5, 5.41) is 0. The lowest BCUT2D eigenvalue weighted by molar-refractivity contribution is -0.186. The number of carbonyl (C=O) groups excluding carboxylic acids is 1. The van der Waals surface area contributed by atoms with Gasteiger partial charge in [0.2, 0.25) is 0 Å². The number of esters is 1. The van der Waals surface area contributed by atoms with Crippen molar-refractivity contribution in [1.82, 2.24) is 0 Å². The van der Waals surface area contributed by atoms with E-state index in [-0.39, 0.29) is 18.0 Å². The lowest BCUT2D eigenvalue weighted by Crippen LogP contribution is -2.44. The van der Waals surface area contributed by atoms with Gasteiger partial charge in [0, 0.05) is 0 Å². The summed E-state index contributed by atoms with van der Waals surface area (Å²) < 4.78 is 5.25. The van der Waals surface area contributed by atoms with Crippen LogP contribution in [0.15, 0.2) is 0 Å². The van der Waals surface area contributed by atoms with Crippen LogP contribution in [0.2, 0.25) is 0 Å². The predicted octanol–water partition coefficient (Wildman–Crippen LogP) is 4.47. The average molecular weight is 240 g/mol. The van der Waals surface area contributed by atoms with Gasteiger partial charge in [0.05, 0.1) is 5.92 Å². The Labute approximate surface area is 106 Å². The zero-order chi connectivity index (χ0) is 12.5. The molecule has 0 aromatic heterocycles. The molecule has 0 amide bonds. The Balaban J connectivity index is 2.07. The molecular weight excluding hydrogens is 212 g/mol. The van der Waals surface area contributed by atoms with Crippen LogP contribution in [-0.4, -0.2) is 12.1 Å². The molecule has 0 N–H and O–H groups in total. The molecule has 2 heteroatoms. The molecule has 1 aliphatic rings. The van der Waals surface area contributed by atoms with E-state index in [0.717, 1.165) is 12.8 Å². The second kappa shape index (κ2) is 8.54. The van der Waals surface area contributed by atoms with E-state index in [0.29, 0.717) is 0 Å². The first-order valence-electron chi connectivity index (χ1n) is 7.50. The van der Waals surface area contributed by atoms with Crippen LogP contribution in [0, 0.1) is 5.92 Å². The summed E-state index contributed by atoms with van der Waals surface area (Å²) >= 11 is 0. The van der Waals surface area contributed by atoms with E-state index in [4.69, 9.17) is 4.74 Å². The van der Waals surface area contributed by atoms with Crippen LogP contribution in [0.3, 0.4) is 0 Å². The largest absolute Gasteiger partial charge is 0.461 e. The van der Waals surface area contributed by atoms with Crippen molar-refractivity contribution in [3.63, 3.8) is 0 Å². The average Bonchev–Trinajstić information content (AvgIpc) is 2.32. The van der Waals surface area contributed by atoms with Crippen LogP contribution < -0.4 is 0 Å². The van der Waals surface area contributed by atoms with E-state index >= 15 is 0 Å². The summed E-state index contributed by atoms with van der Waals surface area (Å²) in [7, 11) is 0. The van der Waals surface area contributed by atoms with Crippen molar-refractivity contribution in [2.45, 2.75) is 84.2 Å². The fraction of sp³-hybridized carbons (Fsp3) is 0.933. The molecule has 0 spiro atoms. The first-order chi connectivity index (χ1) is 8.29. The number of rotatable bonds is 10. The zero-order valence-electron chi connectivity index (χ0n) is 11.5. The van der Waals surface area contributed by atoms with Gasteiger partial charge in [-0.15, -0.1) is 0 Å². The SMILES string of the molecule is CCCCCC[C@@H]1OC(=O)[C@H]1CCCCCC. The van der Waals surface area contributed by atoms with Crippen LogP contribution in [0.5, 0.6) is 0 Å². The van der Waals surface area contributed by atoms with Crippen molar-refractivity contribution in [3.05, 3.63) is 0 Å². The number of ether oxygens (including phenoxy) is 1. The topological polar surface area (TPSA) is 26.3 Å². The quantitative estimate of drug-likeness (QED) is 0.416. The molecule has 0 aromatic carbocycles. The molecule has 2 atom stereocenters. The molecule has 0 unspecified atom stereocenters. The fourth-order valence-corrected chi connectivity index (χ4v) is 2.53. The smallest absolute Gasteiger partial charge is 0.313 e. The molecule has 17 heavy (non-hydrogen) atoms. The van der Waals surface area contributed by atoms with Crippen LogP contribution in [0.4, 0.5) is 0 Å². The summed E-state index contributed by atoms with van der Waals surface area (Å²) in [4.78, 5) is 11.4. The molecule has 1 heterocycles. The molecule has 0 radical (unpaired) electrons. The van der Waals surface area contributed by atoms with Gasteiger partial charge in [-0.2, -0.15) is 0 Å². The van der Waals surface area contributed by atoms with Gasteiger partial charge in [-0.3, -0.25) is 4.79 Å². The van der Waals surface area contributed by atoms with Gasteiger partial charge in [0.1, 0.15) is 6.10 Å². The molecule has 0 bridgehead atoms. The molecule has 0 saturated carbocycles. The third-order valence-electron chi connectivity index (χ3n) is 3.73. The van der Waals surface area contributed by atoms with E-state index in [2.05, 4.69) is 13.8 Å². The normalized spacial score (nSPS) is 23.3. The number of cyclic esters (lactones) is 1. The van der Waals surface area contributed by atoms with E-state index < -0.39 is 0 Å². The van der Waals surface area contributed by atoms with Crippen molar-refractivity contribution in [2.24, 2.45) is 5.92 Å². The molecule has 1 saturated heterocycles. The highest BCUT2D eigenvalue weighted by Gasteiger charge is 2.40. The molecule has 100 valence electrons. The summed E-state index contributed by atoms with van der Waals surface area (Å²) in [5.74, 6) is 0.287. The molecule has 1 aliphatic heterocycles. The monoisotopic (exact) mass is 240 g/mol. The maximum absolute atomic E-state index is 11.4. The number of unbranched alkanes of at least 4 members (excludes halogenated alkanes) is 6. The first-order valence-corrected chi connectivity index (χ1v) is 7.50. The Morgan fingerprint density at radius 1 is 0.882 bits per heavy atom. The van der Waals surface area contributed by atoms with E-state index in [1.807, 2.05) is 0 Å². The Bertz CT molecular complexity index is 213. The van der Waals surface area contributed by atoms with Gasteiger partial charge < -0.3 is 4.74 Å². The highest BCUT2D eigenvalue weighted by Crippen LogP contribution is 2.31. The van der Waals surface area contributed by atoms with E-state index in [9.17, 15) is 4.79 Å². The lowest BCUT2D eigenvalue weighted by atomic mass is 9.87. The second-order valence-corrected chi connectivity index (χ2v) is 5.28. The van der Waals surface area contributed by atoms with Crippen molar-refractivity contribution < 1.29 is 9.53 Å². The molecule has 1 fully saturated rings. The number of hydrogen-bond acceptors (Lipinski definition) is 2. The molecule has 1 rings (SSSR count). The van der Waals surface area contributed by atoms with Crippen LogP contribution in [-0.2, 0) is 9.53 Å². The van der Waals surface area contributed by atoms with E-state index in [1.165, 1.54) is 51.4 Å². The number of carbonyl (C=O) groups is 1. The predicted molar refractivity (Wildman–Crippen MR) is 70.9 cm³/mol. The zero-order valence-corrected chi connectivity index (χ0v) is 11.5. The van der Waals surface area contributed by atoms with Gasteiger partial charge in [-0.25, -0.2) is 0 Å².